The van der Waals surface area contributed by atoms with Gasteiger partial charge in [-0.1, -0.05) is 12.5 Å². The maximum atomic E-state index is 5.02. The van der Waals surface area contributed by atoms with E-state index >= 15 is 0 Å². The Labute approximate surface area is 143 Å². The molecule has 2 aromatic rings. The average Bonchev–Trinajstić information content (AvgIpc) is 2.99. The van der Waals surface area contributed by atoms with Gasteiger partial charge in [0.1, 0.15) is 0 Å². The van der Waals surface area contributed by atoms with Gasteiger partial charge in [0.2, 0.25) is 0 Å². The Morgan fingerprint density at radius 3 is 2.65 bits per heavy atom. The van der Waals surface area contributed by atoms with Gasteiger partial charge in [-0.2, -0.15) is 0 Å². The van der Waals surface area contributed by atoms with Crippen LogP contribution in [0.5, 0.6) is 0 Å². The van der Waals surface area contributed by atoms with Crippen molar-refractivity contribution in [3.05, 3.63) is 28.8 Å². The van der Waals surface area contributed by atoms with Crippen LogP contribution in [0.2, 0.25) is 0 Å². The number of aromatic nitrogens is 1. The van der Waals surface area contributed by atoms with Crippen LogP contribution in [0.3, 0.4) is 0 Å². The third kappa shape index (κ3) is 3.17. The first-order valence-corrected chi connectivity index (χ1v) is 9.81. The molecule has 0 bridgehead atoms. The smallest absolute Gasteiger partial charge is 0.0970 e. The van der Waals surface area contributed by atoms with Crippen molar-refractivity contribution >= 4 is 21.6 Å². The third-order valence-electron chi connectivity index (χ3n) is 5.65. The Morgan fingerprint density at radius 1 is 1.04 bits per heavy atom. The fourth-order valence-electron chi connectivity index (χ4n) is 4.10. The lowest BCUT2D eigenvalue weighted by Gasteiger charge is -2.32. The van der Waals surface area contributed by atoms with Gasteiger partial charge in [0, 0.05) is 12.0 Å². The summed E-state index contributed by atoms with van der Waals surface area (Å²) in [5.74, 6) is 0.671. The van der Waals surface area contributed by atoms with Crippen LogP contribution in [-0.2, 0) is 0 Å². The van der Waals surface area contributed by atoms with E-state index in [4.69, 9.17) is 4.98 Å². The van der Waals surface area contributed by atoms with Gasteiger partial charge in [-0.25, -0.2) is 4.98 Å². The lowest BCUT2D eigenvalue weighted by molar-refractivity contribution is 0.187. The number of piperidine rings is 2. The molecule has 0 saturated carbocycles. The van der Waals surface area contributed by atoms with E-state index in [0.717, 1.165) is 0 Å². The van der Waals surface area contributed by atoms with Crippen LogP contribution in [0.4, 0.5) is 0 Å². The summed E-state index contributed by atoms with van der Waals surface area (Å²) in [7, 11) is 4.49. The molecule has 2 fully saturated rings. The summed E-state index contributed by atoms with van der Waals surface area (Å²) in [6, 6.07) is 7.59. The summed E-state index contributed by atoms with van der Waals surface area (Å²) in [5, 5.41) is 1.36. The molecule has 0 radical (unpaired) electrons. The largest absolute Gasteiger partial charge is 0.306 e. The second-order valence-corrected chi connectivity index (χ2v) is 8.41. The summed E-state index contributed by atoms with van der Waals surface area (Å²) < 4.78 is 1.36. The average molecular weight is 330 g/mol. The van der Waals surface area contributed by atoms with Crippen molar-refractivity contribution in [3.8, 4) is 0 Å². The number of hydrogen-bond donors (Lipinski definition) is 0. The van der Waals surface area contributed by atoms with Crippen molar-refractivity contribution < 1.29 is 0 Å². The quantitative estimate of drug-likeness (QED) is 0.820. The molecule has 2 aliphatic heterocycles. The van der Waals surface area contributed by atoms with E-state index in [0.29, 0.717) is 12.0 Å². The molecule has 1 unspecified atom stereocenters. The lowest BCUT2D eigenvalue weighted by atomic mass is 9.95. The molecule has 4 rings (SSSR count). The van der Waals surface area contributed by atoms with Crippen molar-refractivity contribution in [2.45, 2.75) is 44.1 Å². The van der Waals surface area contributed by atoms with E-state index in [-0.39, 0.29) is 0 Å². The summed E-state index contributed by atoms with van der Waals surface area (Å²) in [6.45, 7) is 3.64. The standard InChI is InChI=1S/C19H27N3S/c1-21-11-8-14(9-12-21)19-20-16-13-15(6-7-18(16)23-19)17-5-3-4-10-22(17)2/h6-7,13-14,17H,3-5,8-12H2,1-2H3. The van der Waals surface area contributed by atoms with E-state index in [1.807, 2.05) is 11.3 Å². The van der Waals surface area contributed by atoms with E-state index in [2.05, 4.69) is 42.1 Å². The predicted molar refractivity (Wildman–Crippen MR) is 98.3 cm³/mol. The molecule has 2 aliphatic rings. The number of thiazole rings is 1. The third-order valence-corrected chi connectivity index (χ3v) is 6.85. The number of hydrogen-bond acceptors (Lipinski definition) is 4. The maximum Gasteiger partial charge on any atom is 0.0970 e. The molecular weight excluding hydrogens is 302 g/mol. The first-order valence-electron chi connectivity index (χ1n) is 9.00. The van der Waals surface area contributed by atoms with E-state index in [1.54, 1.807) is 0 Å². The van der Waals surface area contributed by atoms with Gasteiger partial charge in [0.05, 0.1) is 15.2 Å². The number of rotatable bonds is 2. The zero-order chi connectivity index (χ0) is 15.8. The number of likely N-dealkylation sites (tertiary alicyclic amines) is 2. The van der Waals surface area contributed by atoms with Crippen LogP contribution in [-0.4, -0.2) is 48.5 Å². The Kier molecular flexibility index (Phi) is 4.39. The van der Waals surface area contributed by atoms with E-state index in [9.17, 15) is 0 Å². The zero-order valence-electron chi connectivity index (χ0n) is 14.3. The van der Waals surface area contributed by atoms with Crippen LogP contribution >= 0.6 is 11.3 Å². The van der Waals surface area contributed by atoms with Crippen molar-refractivity contribution in [1.82, 2.24) is 14.8 Å². The molecule has 2 saturated heterocycles. The zero-order valence-corrected chi connectivity index (χ0v) is 15.1. The van der Waals surface area contributed by atoms with Crippen molar-refractivity contribution in [2.24, 2.45) is 0 Å². The first kappa shape index (κ1) is 15.6. The first-order chi connectivity index (χ1) is 11.2. The molecule has 1 atom stereocenters. The predicted octanol–water partition coefficient (Wildman–Crippen LogP) is 4.26. The Morgan fingerprint density at radius 2 is 1.87 bits per heavy atom. The topological polar surface area (TPSA) is 19.4 Å². The monoisotopic (exact) mass is 329 g/mol. The molecule has 3 nitrogen and oxygen atoms in total. The van der Waals surface area contributed by atoms with Gasteiger partial charge in [0.15, 0.2) is 0 Å². The normalized spacial score (nSPS) is 25.2. The van der Waals surface area contributed by atoms with Gasteiger partial charge in [0.25, 0.3) is 0 Å². The van der Waals surface area contributed by atoms with Gasteiger partial charge < -0.3 is 4.90 Å². The highest BCUT2D eigenvalue weighted by Crippen LogP contribution is 2.36. The Hall–Kier alpha value is -0.970. The molecule has 3 heterocycles. The van der Waals surface area contributed by atoms with Crippen LogP contribution in [0.25, 0.3) is 10.2 Å². The summed E-state index contributed by atoms with van der Waals surface area (Å²) >= 11 is 1.92. The number of fused-ring (bicyclic) bond motifs is 1. The number of benzene rings is 1. The Balaban J connectivity index is 1.59. The molecule has 0 amide bonds. The van der Waals surface area contributed by atoms with Crippen LogP contribution in [0.15, 0.2) is 18.2 Å². The molecule has 124 valence electrons. The highest BCUT2D eigenvalue weighted by Gasteiger charge is 2.23. The molecule has 1 aromatic carbocycles. The van der Waals surface area contributed by atoms with Crippen LogP contribution in [0.1, 0.15) is 54.6 Å². The molecule has 4 heteroatoms. The summed E-state index contributed by atoms with van der Waals surface area (Å²) in [6.07, 6.45) is 6.49. The van der Waals surface area contributed by atoms with Gasteiger partial charge in [-0.15, -0.1) is 11.3 Å². The van der Waals surface area contributed by atoms with E-state index in [1.165, 1.54) is 72.5 Å². The van der Waals surface area contributed by atoms with Crippen molar-refractivity contribution in [1.29, 1.82) is 0 Å². The minimum atomic E-state index is 0.585. The summed E-state index contributed by atoms with van der Waals surface area (Å²) in [4.78, 5) is 9.96. The van der Waals surface area contributed by atoms with E-state index < -0.39 is 0 Å². The molecule has 1 aromatic heterocycles. The van der Waals surface area contributed by atoms with Gasteiger partial charge >= 0.3 is 0 Å². The van der Waals surface area contributed by atoms with Crippen molar-refractivity contribution in [3.63, 3.8) is 0 Å². The Bertz CT molecular complexity index is 672. The molecule has 23 heavy (non-hydrogen) atoms. The second kappa shape index (κ2) is 6.50. The van der Waals surface area contributed by atoms with Crippen molar-refractivity contribution in [2.75, 3.05) is 33.7 Å². The SMILES string of the molecule is CN1CCC(c2nc3cc(C4CCCCN4C)ccc3s2)CC1. The summed E-state index contributed by atoms with van der Waals surface area (Å²) in [5.41, 5.74) is 2.68. The van der Waals surface area contributed by atoms with Crippen LogP contribution in [0, 0.1) is 0 Å². The second-order valence-electron chi connectivity index (χ2n) is 7.35. The highest BCUT2D eigenvalue weighted by molar-refractivity contribution is 7.18. The fraction of sp³-hybridized carbons (Fsp3) is 0.632. The van der Waals surface area contributed by atoms with Gasteiger partial charge in [-0.3, -0.25) is 4.90 Å². The highest BCUT2D eigenvalue weighted by atomic mass is 32.1. The van der Waals surface area contributed by atoms with Gasteiger partial charge in [-0.05, 0) is 77.1 Å². The molecular formula is C19H27N3S. The molecule has 0 aliphatic carbocycles. The minimum Gasteiger partial charge on any atom is -0.306 e. The lowest BCUT2D eigenvalue weighted by Crippen LogP contribution is -2.29. The molecule has 0 N–H and O–H groups in total. The minimum absolute atomic E-state index is 0.585. The fourth-order valence-corrected chi connectivity index (χ4v) is 5.21. The maximum absolute atomic E-state index is 5.02. The van der Waals surface area contributed by atoms with Crippen LogP contribution < -0.4 is 0 Å². The number of nitrogens with zero attached hydrogens (tertiary/aromatic N) is 3. The molecule has 0 spiro atoms.